The van der Waals surface area contributed by atoms with Crippen molar-refractivity contribution in [3.8, 4) is 0 Å². The maximum Gasteiger partial charge on any atom is 0.326 e. The van der Waals surface area contributed by atoms with Crippen molar-refractivity contribution in [3.05, 3.63) is 70.5 Å². The zero-order valence-electron chi connectivity index (χ0n) is 18.4. The van der Waals surface area contributed by atoms with E-state index in [1.807, 2.05) is 37.3 Å². The molecule has 3 rings (SSSR count). The molecule has 2 N–H and O–H groups in total. The first-order valence-electron chi connectivity index (χ1n) is 10.8. The number of benzene rings is 2. The molecule has 1 amide bonds. The maximum atomic E-state index is 13.0. The Morgan fingerprint density at radius 2 is 1.88 bits per heavy atom. The molecule has 0 saturated heterocycles. The van der Waals surface area contributed by atoms with Gasteiger partial charge in [-0.3, -0.25) is 14.2 Å². The molecule has 0 saturated carbocycles. The minimum Gasteiger partial charge on any atom is -0.480 e. The van der Waals surface area contributed by atoms with Gasteiger partial charge < -0.3 is 15.2 Å². The van der Waals surface area contributed by atoms with Gasteiger partial charge in [0, 0.05) is 26.2 Å². The number of aliphatic carboxylic acids is 1. The van der Waals surface area contributed by atoms with Crippen LogP contribution in [0.4, 0.5) is 0 Å². The molecular weight excluding hydrogens is 442 g/mol. The maximum absolute atomic E-state index is 13.0. The highest BCUT2D eigenvalue weighted by Gasteiger charge is 2.21. The number of fused-ring (bicyclic) bond motifs is 1. The molecule has 174 valence electrons. The van der Waals surface area contributed by atoms with E-state index >= 15 is 0 Å². The second-order valence-corrected chi connectivity index (χ2v) is 8.30. The Balaban J connectivity index is 1.72. The SMILES string of the molecule is CCOCCCn1c(SCC(=O)N[C@H](Cc2ccccc2)C(=O)O)nc2ccccc2c1=O. The van der Waals surface area contributed by atoms with Gasteiger partial charge in [-0.2, -0.15) is 0 Å². The fourth-order valence-corrected chi connectivity index (χ4v) is 4.18. The number of aromatic nitrogens is 2. The number of hydrogen-bond donors (Lipinski definition) is 2. The number of nitrogens with zero attached hydrogens (tertiary/aromatic N) is 2. The van der Waals surface area contributed by atoms with Crippen LogP contribution >= 0.6 is 11.8 Å². The number of nitrogens with one attached hydrogen (secondary N) is 1. The average Bonchev–Trinajstić information content (AvgIpc) is 2.82. The molecule has 1 heterocycles. The van der Waals surface area contributed by atoms with E-state index in [9.17, 15) is 19.5 Å². The van der Waals surface area contributed by atoms with Gasteiger partial charge in [-0.05, 0) is 31.0 Å². The molecular formula is C24H27N3O5S. The van der Waals surface area contributed by atoms with Gasteiger partial charge in [0.15, 0.2) is 5.16 Å². The normalized spacial score (nSPS) is 11.9. The first-order chi connectivity index (χ1) is 16.0. The van der Waals surface area contributed by atoms with Crippen molar-refractivity contribution in [2.24, 2.45) is 0 Å². The second-order valence-electron chi connectivity index (χ2n) is 7.36. The summed E-state index contributed by atoms with van der Waals surface area (Å²) < 4.78 is 6.93. The molecule has 8 nitrogen and oxygen atoms in total. The van der Waals surface area contributed by atoms with Gasteiger partial charge in [0.25, 0.3) is 5.56 Å². The Bertz CT molecular complexity index is 1150. The predicted octanol–water partition coefficient (Wildman–Crippen LogP) is 2.73. The van der Waals surface area contributed by atoms with Crippen LogP contribution in [0.5, 0.6) is 0 Å². The first-order valence-corrected chi connectivity index (χ1v) is 11.7. The molecule has 0 fully saturated rings. The monoisotopic (exact) mass is 469 g/mol. The molecule has 0 aliphatic heterocycles. The van der Waals surface area contributed by atoms with Crippen LogP contribution in [0.3, 0.4) is 0 Å². The number of carbonyl (C=O) groups excluding carboxylic acids is 1. The van der Waals surface area contributed by atoms with E-state index in [0.717, 1.165) is 17.3 Å². The minimum absolute atomic E-state index is 0.0607. The van der Waals surface area contributed by atoms with Crippen LogP contribution in [0.1, 0.15) is 18.9 Å². The van der Waals surface area contributed by atoms with Crippen LogP contribution < -0.4 is 10.9 Å². The molecule has 3 aromatic rings. The van der Waals surface area contributed by atoms with Crippen LogP contribution in [-0.2, 0) is 27.3 Å². The fourth-order valence-electron chi connectivity index (χ4n) is 3.34. The number of carbonyl (C=O) groups is 2. The molecule has 0 aliphatic carbocycles. The van der Waals surface area contributed by atoms with Gasteiger partial charge in [-0.25, -0.2) is 9.78 Å². The smallest absolute Gasteiger partial charge is 0.326 e. The van der Waals surface area contributed by atoms with Crippen molar-refractivity contribution in [2.75, 3.05) is 19.0 Å². The number of amides is 1. The Labute approximate surface area is 196 Å². The molecule has 0 unspecified atom stereocenters. The lowest BCUT2D eigenvalue weighted by Gasteiger charge is -2.16. The highest BCUT2D eigenvalue weighted by Crippen LogP contribution is 2.18. The van der Waals surface area contributed by atoms with Gasteiger partial charge in [0.2, 0.25) is 5.91 Å². The number of carboxylic acids is 1. The molecule has 9 heteroatoms. The summed E-state index contributed by atoms with van der Waals surface area (Å²) in [7, 11) is 0. The van der Waals surface area contributed by atoms with E-state index < -0.39 is 17.9 Å². The molecule has 1 aromatic heterocycles. The van der Waals surface area contributed by atoms with E-state index in [1.165, 1.54) is 0 Å². The van der Waals surface area contributed by atoms with E-state index in [1.54, 1.807) is 28.8 Å². The molecule has 1 atom stereocenters. The zero-order chi connectivity index (χ0) is 23.6. The van der Waals surface area contributed by atoms with Gasteiger partial charge in [-0.15, -0.1) is 0 Å². The summed E-state index contributed by atoms with van der Waals surface area (Å²) >= 11 is 1.11. The quantitative estimate of drug-likeness (QED) is 0.238. The third-order valence-electron chi connectivity index (χ3n) is 4.95. The molecule has 0 radical (unpaired) electrons. The van der Waals surface area contributed by atoms with Crippen LogP contribution in [0.15, 0.2) is 64.5 Å². The molecule has 0 aliphatic rings. The second kappa shape index (κ2) is 12.2. The van der Waals surface area contributed by atoms with Crippen LogP contribution in [-0.4, -0.2) is 51.5 Å². The fraction of sp³-hybridized carbons (Fsp3) is 0.333. The van der Waals surface area contributed by atoms with Crippen LogP contribution in [0.25, 0.3) is 10.9 Å². The number of para-hydroxylation sites is 1. The Morgan fingerprint density at radius 1 is 1.15 bits per heavy atom. The lowest BCUT2D eigenvalue weighted by Crippen LogP contribution is -2.43. The number of hydrogen-bond acceptors (Lipinski definition) is 6. The van der Waals surface area contributed by atoms with Gasteiger partial charge in [0.05, 0.1) is 16.7 Å². The third-order valence-corrected chi connectivity index (χ3v) is 5.93. The minimum atomic E-state index is -1.10. The molecule has 2 aromatic carbocycles. The number of carboxylic acid groups (broad SMARTS) is 1. The summed E-state index contributed by atoms with van der Waals surface area (Å²) in [4.78, 5) is 41.8. The Morgan fingerprint density at radius 3 is 2.61 bits per heavy atom. The third kappa shape index (κ3) is 6.90. The van der Waals surface area contributed by atoms with Gasteiger partial charge in [0.1, 0.15) is 6.04 Å². The van der Waals surface area contributed by atoms with E-state index in [0.29, 0.717) is 42.2 Å². The molecule has 0 bridgehead atoms. The van der Waals surface area contributed by atoms with Crippen molar-refractivity contribution in [1.82, 2.24) is 14.9 Å². The predicted molar refractivity (Wildman–Crippen MR) is 128 cm³/mol. The summed E-state index contributed by atoms with van der Waals surface area (Å²) in [6.07, 6.45) is 0.814. The molecule has 0 spiro atoms. The Kier molecular flexibility index (Phi) is 9.03. The number of rotatable bonds is 12. The lowest BCUT2D eigenvalue weighted by atomic mass is 10.1. The summed E-state index contributed by atoms with van der Waals surface area (Å²) in [6, 6.07) is 15.2. The van der Waals surface area contributed by atoms with Gasteiger partial charge in [-0.1, -0.05) is 54.2 Å². The Hall–Kier alpha value is -3.17. The summed E-state index contributed by atoms with van der Waals surface area (Å²) in [5, 5.41) is 13.0. The lowest BCUT2D eigenvalue weighted by molar-refractivity contribution is -0.141. The van der Waals surface area contributed by atoms with Gasteiger partial charge >= 0.3 is 5.97 Å². The summed E-state index contributed by atoms with van der Waals surface area (Å²) in [5.41, 5.74) is 1.20. The van der Waals surface area contributed by atoms with Crippen molar-refractivity contribution in [1.29, 1.82) is 0 Å². The van der Waals surface area contributed by atoms with E-state index in [4.69, 9.17) is 4.74 Å². The van der Waals surface area contributed by atoms with Crippen molar-refractivity contribution < 1.29 is 19.4 Å². The summed E-state index contributed by atoms with van der Waals surface area (Å²) in [6.45, 7) is 3.43. The average molecular weight is 470 g/mol. The van der Waals surface area contributed by atoms with Crippen molar-refractivity contribution in [2.45, 2.75) is 37.5 Å². The standard InChI is InChI=1S/C24H27N3O5S/c1-2-32-14-8-13-27-22(29)18-11-6-7-12-19(18)26-24(27)33-16-21(28)25-20(23(30)31)15-17-9-4-3-5-10-17/h3-7,9-12,20H,2,8,13-16H2,1H3,(H,25,28)(H,30,31)/t20-/m1/s1. The largest absolute Gasteiger partial charge is 0.480 e. The van der Waals surface area contributed by atoms with E-state index in [-0.39, 0.29) is 17.7 Å². The summed E-state index contributed by atoms with van der Waals surface area (Å²) in [5.74, 6) is -1.60. The van der Waals surface area contributed by atoms with Crippen LogP contribution in [0, 0.1) is 0 Å². The van der Waals surface area contributed by atoms with Crippen molar-refractivity contribution >= 4 is 34.5 Å². The van der Waals surface area contributed by atoms with E-state index in [2.05, 4.69) is 10.3 Å². The zero-order valence-corrected chi connectivity index (χ0v) is 19.2. The number of ether oxygens (including phenoxy) is 1. The van der Waals surface area contributed by atoms with Crippen LogP contribution in [0.2, 0.25) is 0 Å². The topological polar surface area (TPSA) is 111 Å². The molecule has 33 heavy (non-hydrogen) atoms. The highest BCUT2D eigenvalue weighted by molar-refractivity contribution is 7.99. The number of thioether (sulfide) groups is 1. The highest BCUT2D eigenvalue weighted by atomic mass is 32.2. The first kappa shape index (κ1) is 24.5. The van der Waals surface area contributed by atoms with Crippen molar-refractivity contribution in [3.63, 3.8) is 0 Å².